The average molecular weight is 340 g/mol. The first-order chi connectivity index (χ1) is 12.1. The number of hydrogen-bond donors (Lipinski definition) is 0. The predicted octanol–water partition coefficient (Wildman–Crippen LogP) is 3.33. The summed E-state index contributed by atoms with van der Waals surface area (Å²) in [6.07, 6.45) is 6.22. The molecule has 1 aromatic carbocycles. The van der Waals surface area contributed by atoms with E-state index in [0.29, 0.717) is 11.7 Å². The third-order valence-electron chi connectivity index (χ3n) is 8.09. The van der Waals surface area contributed by atoms with Crippen LogP contribution in [0, 0.1) is 17.3 Å². The smallest absolute Gasteiger partial charge is 0.169 e. The molecule has 1 aliphatic heterocycles. The molecule has 0 amide bonds. The Morgan fingerprint density at radius 2 is 2.00 bits per heavy atom. The molecular weight excluding hydrogens is 311 g/mol. The van der Waals surface area contributed by atoms with Crippen molar-refractivity contribution in [3.63, 3.8) is 0 Å². The number of fused-ring (bicyclic) bond motifs is 6. The van der Waals surface area contributed by atoms with Crippen LogP contribution in [-0.4, -0.2) is 34.0 Å². The van der Waals surface area contributed by atoms with Crippen molar-refractivity contribution in [2.75, 3.05) is 20.3 Å². The van der Waals surface area contributed by atoms with Crippen molar-refractivity contribution in [2.45, 2.75) is 56.6 Å². The van der Waals surface area contributed by atoms with E-state index in [-0.39, 0.29) is 11.2 Å². The molecular formula is C21H29BO3. The fourth-order valence-electron chi connectivity index (χ4n) is 7.01. The maximum Gasteiger partial charge on any atom is 0.169 e. The molecule has 3 fully saturated rings. The molecule has 0 radical (unpaired) electrons. The Balaban J connectivity index is 1.51. The van der Waals surface area contributed by atoms with E-state index in [1.807, 2.05) is 0 Å². The van der Waals surface area contributed by atoms with Gasteiger partial charge >= 0.3 is 0 Å². The van der Waals surface area contributed by atoms with Gasteiger partial charge in [-0.2, -0.15) is 0 Å². The summed E-state index contributed by atoms with van der Waals surface area (Å²) in [5.74, 6) is 3.38. The number of methoxy groups -OCH3 is 1. The largest absolute Gasteiger partial charge is 0.497 e. The van der Waals surface area contributed by atoms with Gasteiger partial charge in [-0.15, -0.1) is 0 Å². The molecule has 1 heterocycles. The van der Waals surface area contributed by atoms with Crippen LogP contribution in [0.2, 0.25) is 5.82 Å². The van der Waals surface area contributed by atoms with E-state index in [1.165, 1.54) is 37.7 Å². The van der Waals surface area contributed by atoms with Gasteiger partial charge in [0.1, 0.15) is 13.6 Å². The highest BCUT2D eigenvalue weighted by Crippen LogP contribution is 2.69. The van der Waals surface area contributed by atoms with Crippen molar-refractivity contribution in [3.8, 4) is 5.75 Å². The quantitative estimate of drug-likeness (QED) is 0.734. The summed E-state index contributed by atoms with van der Waals surface area (Å²) in [6, 6.07) is 6.75. The van der Waals surface area contributed by atoms with Gasteiger partial charge in [-0.25, -0.2) is 0 Å². The standard InChI is InChI=1S/C21H29BO3/c1-20-8-7-16-15-6-4-14(23-2)11-13(15)3-5-17(16)18(20)12-19(22)21(20)24-9-10-25-21/h4,6,11,16-19H,3,5,7-10,12,22H2,1-2H3/t16?,17?,18?,19?,20-/m0/s1. The third kappa shape index (κ3) is 2.01. The zero-order chi connectivity index (χ0) is 17.2. The number of ether oxygens (including phenoxy) is 3. The fourth-order valence-corrected chi connectivity index (χ4v) is 7.01. The Hall–Kier alpha value is -0.995. The van der Waals surface area contributed by atoms with Crippen molar-refractivity contribution < 1.29 is 14.2 Å². The van der Waals surface area contributed by atoms with Gasteiger partial charge in [0.2, 0.25) is 0 Å². The Labute approximate surface area is 151 Å². The zero-order valence-electron chi connectivity index (χ0n) is 15.7. The summed E-state index contributed by atoms with van der Waals surface area (Å²) in [6.45, 7) is 4.00. The first-order valence-corrected chi connectivity index (χ1v) is 10.0. The minimum Gasteiger partial charge on any atom is -0.497 e. The number of benzene rings is 1. The number of aryl methyl sites for hydroxylation is 1. The van der Waals surface area contributed by atoms with E-state index in [1.54, 1.807) is 12.7 Å². The van der Waals surface area contributed by atoms with Crippen molar-refractivity contribution in [1.29, 1.82) is 0 Å². The van der Waals surface area contributed by atoms with Crippen LogP contribution in [0.5, 0.6) is 5.75 Å². The van der Waals surface area contributed by atoms with Gasteiger partial charge in [-0.05, 0) is 78.9 Å². The molecule has 4 aliphatic rings. The van der Waals surface area contributed by atoms with Gasteiger partial charge in [-0.1, -0.05) is 13.0 Å². The minimum atomic E-state index is -0.317. The Morgan fingerprint density at radius 3 is 2.76 bits per heavy atom. The summed E-state index contributed by atoms with van der Waals surface area (Å²) < 4.78 is 18.1. The average Bonchev–Trinajstić information content (AvgIpc) is 3.21. The SMILES string of the molecule is BC1CC2C3CCc4cc(OC)ccc4C3CC[C@]2(C)C12OCCO2. The molecule has 3 aliphatic carbocycles. The molecule has 1 spiro atoms. The Morgan fingerprint density at radius 1 is 1.20 bits per heavy atom. The van der Waals surface area contributed by atoms with Crippen molar-refractivity contribution in [2.24, 2.45) is 17.3 Å². The molecule has 25 heavy (non-hydrogen) atoms. The van der Waals surface area contributed by atoms with Crippen molar-refractivity contribution in [1.82, 2.24) is 0 Å². The van der Waals surface area contributed by atoms with Crippen molar-refractivity contribution >= 4 is 7.85 Å². The van der Waals surface area contributed by atoms with Gasteiger partial charge in [-0.3, -0.25) is 0 Å². The van der Waals surface area contributed by atoms with Crippen LogP contribution < -0.4 is 4.74 Å². The van der Waals surface area contributed by atoms with Crippen LogP contribution in [0.3, 0.4) is 0 Å². The molecule has 0 aromatic heterocycles. The second kappa shape index (κ2) is 5.50. The van der Waals surface area contributed by atoms with Gasteiger partial charge < -0.3 is 14.2 Å². The van der Waals surface area contributed by atoms with Crippen LogP contribution in [0.1, 0.15) is 49.7 Å². The second-order valence-corrected chi connectivity index (χ2v) is 8.94. The molecule has 5 atom stereocenters. The lowest BCUT2D eigenvalue weighted by Gasteiger charge is -2.53. The second-order valence-electron chi connectivity index (χ2n) is 8.94. The molecule has 0 bridgehead atoms. The van der Waals surface area contributed by atoms with Crippen molar-refractivity contribution in [3.05, 3.63) is 29.3 Å². The Kier molecular flexibility index (Phi) is 3.56. The normalized spacial score (nSPS) is 41.2. The minimum absolute atomic E-state index is 0.175. The third-order valence-corrected chi connectivity index (χ3v) is 8.09. The summed E-state index contributed by atoms with van der Waals surface area (Å²) in [7, 11) is 4.12. The summed E-state index contributed by atoms with van der Waals surface area (Å²) in [4.78, 5) is 0. The first-order valence-electron chi connectivity index (χ1n) is 10.0. The number of rotatable bonds is 1. The van der Waals surface area contributed by atoms with E-state index in [2.05, 4.69) is 33.0 Å². The molecule has 5 rings (SSSR count). The highest BCUT2D eigenvalue weighted by molar-refractivity contribution is 6.12. The molecule has 0 N–H and O–H groups in total. The van der Waals surface area contributed by atoms with Gasteiger partial charge in [0, 0.05) is 5.41 Å². The first kappa shape index (κ1) is 16.2. The van der Waals surface area contributed by atoms with Crippen LogP contribution in [0.4, 0.5) is 0 Å². The molecule has 4 unspecified atom stereocenters. The summed E-state index contributed by atoms with van der Waals surface area (Å²) >= 11 is 0. The lowest BCUT2D eigenvalue weighted by Crippen LogP contribution is -2.52. The van der Waals surface area contributed by atoms with E-state index in [4.69, 9.17) is 14.2 Å². The van der Waals surface area contributed by atoms with Gasteiger partial charge in [0.25, 0.3) is 0 Å². The maximum absolute atomic E-state index is 6.33. The van der Waals surface area contributed by atoms with E-state index in [0.717, 1.165) is 30.8 Å². The van der Waals surface area contributed by atoms with E-state index >= 15 is 0 Å². The van der Waals surface area contributed by atoms with E-state index < -0.39 is 0 Å². The molecule has 134 valence electrons. The van der Waals surface area contributed by atoms with Crippen LogP contribution in [-0.2, 0) is 15.9 Å². The fraction of sp³-hybridized carbons (Fsp3) is 0.714. The van der Waals surface area contributed by atoms with Crippen LogP contribution in [0.15, 0.2) is 18.2 Å². The highest BCUT2D eigenvalue weighted by atomic mass is 16.7. The summed E-state index contributed by atoms with van der Waals surface area (Å²) in [5, 5.41) is 0. The number of hydrogen-bond acceptors (Lipinski definition) is 3. The topological polar surface area (TPSA) is 27.7 Å². The molecule has 1 aromatic rings. The van der Waals surface area contributed by atoms with Gasteiger partial charge in [0.15, 0.2) is 5.79 Å². The molecule has 3 nitrogen and oxygen atoms in total. The predicted molar refractivity (Wildman–Crippen MR) is 99.9 cm³/mol. The Bertz CT molecular complexity index is 684. The zero-order valence-corrected chi connectivity index (χ0v) is 15.7. The highest BCUT2D eigenvalue weighted by Gasteiger charge is 2.67. The lowest BCUT2D eigenvalue weighted by atomic mass is 9.54. The lowest BCUT2D eigenvalue weighted by molar-refractivity contribution is -0.236. The monoisotopic (exact) mass is 340 g/mol. The molecule has 1 saturated heterocycles. The van der Waals surface area contributed by atoms with Crippen LogP contribution >= 0.6 is 0 Å². The van der Waals surface area contributed by atoms with Crippen LogP contribution in [0.25, 0.3) is 0 Å². The maximum atomic E-state index is 6.33. The van der Waals surface area contributed by atoms with Gasteiger partial charge in [0.05, 0.1) is 20.3 Å². The molecule has 4 heteroatoms. The summed E-state index contributed by atoms with van der Waals surface area (Å²) in [5.41, 5.74) is 3.27. The van der Waals surface area contributed by atoms with E-state index in [9.17, 15) is 0 Å². The molecule has 2 saturated carbocycles.